The number of primary amides is 1. The molecule has 4 heterocycles. The van der Waals surface area contributed by atoms with E-state index in [9.17, 15) is 9.59 Å². The van der Waals surface area contributed by atoms with Gasteiger partial charge in [0.15, 0.2) is 11.5 Å². The van der Waals surface area contributed by atoms with Crippen LogP contribution < -0.4 is 20.9 Å². The molecule has 2 aliphatic rings. The van der Waals surface area contributed by atoms with Gasteiger partial charge in [0.25, 0.3) is 5.91 Å². The van der Waals surface area contributed by atoms with Gasteiger partial charge in [-0.05, 0) is 52.2 Å². The summed E-state index contributed by atoms with van der Waals surface area (Å²) in [5.41, 5.74) is 5.79. The summed E-state index contributed by atoms with van der Waals surface area (Å²) in [5, 5.41) is 3.16. The molecule has 0 saturated carbocycles. The Labute approximate surface area is 205 Å². The van der Waals surface area contributed by atoms with Crippen molar-refractivity contribution in [3.63, 3.8) is 0 Å². The van der Waals surface area contributed by atoms with Crippen molar-refractivity contribution in [1.82, 2.24) is 19.9 Å². The molecule has 0 radical (unpaired) electrons. The standard InChI is InChI=1S/C24H34N8O3/c1-24(2,3)35-23(34)32-13-11-31(12-14-32)18-8-7-17(15-26-18)28-22-20(21(25)33)27-16-19(29-22)30-9-5-4-6-10-30/h7-8,15-16H,4-6,9-14H2,1-3H3,(H2,25,33)(H,28,29). The first-order valence-electron chi connectivity index (χ1n) is 12.1. The molecule has 3 N–H and O–H groups in total. The molecule has 2 amide bonds. The third-order valence-electron chi connectivity index (χ3n) is 5.94. The molecule has 0 aromatic carbocycles. The minimum Gasteiger partial charge on any atom is -0.444 e. The lowest BCUT2D eigenvalue weighted by Gasteiger charge is -2.36. The number of ether oxygens (including phenoxy) is 1. The summed E-state index contributed by atoms with van der Waals surface area (Å²) < 4.78 is 5.46. The fourth-order valence-electron chi connectivity index (χ4n) is 4.15. The highest BCUT2D eigenvalue weighted by Gasteiger charge is 2.26. The summed E-state index contributed by atoms with van der Waals surface area (Å²) in [4.78, 5) is 43.7. The molecule has 2 aromatic rings. The van der Waals surface area contributed by atoms with E-state index in [1.165, 1.54) is 6.42 Å². The summed E-state index contributed by atoms with van der Waals surface area (Å²) in [6.45, 7) is 9.88. The lowest BCUT2D eigenvalue weighted by atomic mass is 10.1. The topological polar surface area (TPSA) is 130 Å². The Morgan fingerprint density at radius 3 is 2.20 bits per heavy atom. The van der Waals surface area contributed by atoms with Gasteiger partial charge >= 0.3 is 6.09 Å². The predicted octanol–water partition coefficient (Wildman–Crippen LogP) is 2.76. The maximum absolute atomic E-state index is 12.3. The van der Waals surface area contributed by atoms with Crippen molar-refractivity contribution < 1.29 is 14.3 Å². The molecule has 0 aliphatic carbocycles. The summed E-state index contributed by atoms with van der Waals surface area (Å²) in [6, 6.07) is 3.78. The number of anilines is 4. The molecule has 0 spiro atoms. The van der Waals surface area contributed by atoms with E-state index >= 15 is 0 Å². The molecule has 2 aliphatic heterocycles. The van der Waals surface area contributed by atoms with Gasteiger partial charge in [0.1, 0.15) is 17.2 Å². The smallest absolute Gasteiger partial charge is 0.410 e. The van der Waals surface area contributed by atoms with Crippen LogP contribution in [0.4, 0.5) is 27.9 Å². The fourth-order valence-corrected chi connectivity index (χ4v) is 4.15. The second kappa shape index (κ2) is 10.3. The second-order valence-corrected chi connectivity index (χ2v) is 9.82. The highest BCUT2D eigenvalue weighted by molar-refractivity contribution is 5.96. The van der Waals surface area contributed by atoms with Crippen LogP contribution in [-0.2, 0) is 4.74 Å². The molecular weight excluding hydrogens is 448 g/mol. The number of piperazine rings is 1. The largest absolute Gasteiger partial charge is 0.444 e. The van der Waals surface area contributed by atoms with E-state index in [0.29, 0.717) is 37.7 Å². The molecule has 0 atom stereocenters. The number of carbonyl (C=O) groups is 2. The minimum absolute atomic E-state index is 0.0908. The average Bonchev–Trinajstić information content (AvgIpc) is 2.84. The van der Waals surface area contributed by atoms with Gasteiger partial charge in [-0.1, -0.05) is 0 Å². The lowest BCUT2D eigenvalue weighted by molar-refractivity contribution is 0.0240. The first-order valence-corrected chi connectivity index (χ1v) is 12.1. The molecule has 2 aromatic heterocycles. The fraction of sp³-hybridized carbons (Fsp3) is 0.542. The highest BCUT2D eigenvalue weighted by atomic mass is 16.6. The third-order valence-corrected chi connectivity index (χ3v) is 5.94. The van der Waals surface area contributed by atoms with Gasteiger partial charge in [0.2, 0.25) is 0 Å². The van der Waals surface area contributed by atoms with Crippen LogP contribution in [0.25, 0.3) is 0 Å². The monoisotopic (exact) mass is 482 g/mol. The number of nitrogens with two attached hydrogens (primary N) is 1. The lowest BCUT2D eigenvalue weighted by Crippen LogP contribution is -2.50. The van der Waals surface area contributed by atoms with E-state index in [0.717, 1.165) is 37.6 Å². The van der Waals surface area contributed by atoms with Crippen LogP contribution in [0.2, 0.25) is 0 Å². The van der Waals surface area contributed by atoms with Crippen molar-refractivity contribution in [2.45, 2.75) is 45.6 Å². The quantitative estimate of drug-likeness (QED) is 0.660. The number of hydrogen-bond donors (Lipinski definition) is 2. The molecule has 2 fully saturated rings. The Morgan fingerprint density at radius 1 is 0.914 bits per heavy atom. The zero-order valence-corrected chi connectivity index (χ0v) is 20.7. The van der Waals surface area contributed by atoms with E-state index in [-0.39, 0.29) is 11.8 Å². The average molecular weight is 483 g/mol. The van der Waals surface area contributed by atoms with E-state index in [4.69, 9.17) is 10.5 Å². The molecule has 2 saturated heterocycles. The number of rotatable bonds is 5. The van der Waals surface area contributed by atoms with E-state index in [2.05, 4.69) is 30.1 Å². The highest BCUT2D eigenvalue weighted by Crippen LogP contribution is 2.24. The van der Waals surface area contributed by atoms with E-state index in [1.807, 2.05) is 32.9 Å². The zero-order valence-electron chi connectivity index (χ0n) is 20.7. The molecule has 0 unspecified atom stereocenters. The normalized spacial score (nSPS) is 16.7. The van der Waals surface area contributed by atoms with Gasteiger partial charge in [0.05, 0.1) is 18.1 Å². The number of hydrogen-bond acceptors (Lipinski definition) is 9. The minimum atomic E-state index is -0.641. The number of amides is 2. The molecule has 188 valence electrons. The third kappa shape index (κ3) is 6.28. The van der Waals surface area contributed by atoms with Crippen molar-refractivity contribution in [1.29, 1.82) is 0 Å². The van der Waals surface area contributed by atoms with Gasteiger partial charge in [-0.3, -0.25) is 4.79 Å². The van der Waals surface area contributed by atoms with Crippen molar-refractivity contribution in [2.75, 3.05) is 54.4 Å². The molecule has 11 heteroatoms. The van der Waals surface area contributed by atoms with Gasteiger partial charge in [-0.15, -0.1) is 0 Å². The van der Waals surface area contributed by atoms with Crippen LogP contribution in [0.1, 0.15) is 50.5 Å². The van der Waals surface area contributed by atoms with Crippen LogP contribution >= 0.6 is 0 Å². The van der Waals surface area contributed by atoms with Gasteiger partial charge in [-0.25, -0.2) is 19.7 Å². The molecule has 0 bridgehead atoms. The first-order chi connectivity index (χ1) is 16.7. The zero-order chi connectivity index (χ0) is 25.0. The van der Waals surface area contributed by atoms with Crippen LogP contribution in [0, 0.1) is 0 Å². The van der Waals surface area contributed by atoms with Crippen molar-refractivity contribution in [2.24, 2.45) is 5.73 Å². The summed E-state index contributed by atoms with van der Waals surface area (Å²) in [7, 11) is 0. The Balaban J connectivity index is 1.40. The molecular formula is C24H34N8O3. The Bertz CT molecular complexity index is 1040. The van der Waals surface area contributed by atoms with Gasteiger partial charge in [-0.2, -0.15) is 0 Å². The van der Waals surface area contributed by atoms with Crippen LogP contribution in [0.15, 0.2) is 24.5 Å². The van der Waals surface area contributed by atoms with Crippen molar-refractivity contribution >= 4 is 35.1 Å². The predicted molar refractivity (Wildman–Crippen MR) is 134 cm³/mol. The van der Waals surface area contributed by atoms with Crippen LogP contribution in [-0.4, -0.2) is 76.7 Å². The Morgan fingerprint density at radius 2 is 1.60 bits per heavy atom. The SMILES string of the molecule is CC(C)(C)OC(=O)N1CCN(c2ccc(Nc3nc(N4CCCCC4)cnc3C(N)=O)cn2)CC1. The maximum Gasteiger partial charge on any atom is 0.410 e. The van der Waals surface area contributed by atoms with E-state index < -0.39 is 11.5 Å². The maximum atomic E-state index is 12.3. The van der Waals surface area contributed by atoms with Crippen molar-refractivity contribution in [3.05, 3.63) is 30.2 Å². The number of piperidine rings is 1. The molecule has 4 rings (SSSR count). The Hall–Kier alpha value is -3.63. The van der Waals surface area contributed by atoms with Gasteiger partial charge < -0.3 is 30.5 Å². The number of pyridine rings is 1. The first kappa shape index (κ1) is 24.5. The molecule has 35 heavy (non-hydrogen) atoms. The van der Waals surface area contributed by atoms with Crippen molar-refractivity contribution in [3.8, 4) is 0 Å². The van der Waals surface area contributed by atoms with E-state index in [1.54, 1.807) is 17.3 Å². The van der Waals surface area contributed by atoms with Crippen LogP contribution in [0.5, 0.6) is 0 Å². The number of nitrogens with one attached hydrogen (secondary N) is 1. The number of nitrogens with zero attached hydrogens (tertiary/aromatic N) is 6. The number of aromatic nitrogens is 3. The molecule has 11 nitrogen and oxygen atoms in total. The van der Waals surface area contributed by atoms with Gasteiger partial charge in [0, 0.05) is 39.3 Å². The summed E-state index contributed by atoms with van der Waals surface area (Å²) in [5.74, 6) is 1.21. The Kier molecular flexibility index (Phi) is 7.23. The second-order valence-electron chi connectivity index (χ2n) is 9.82. The number of carbonyl (C=O) groups excluding carboxylic acids is 2. The summed E-state index contributed by atoms with van der Waals surface area (Å²) >= 11 is 0. The summed E-state index contributed by atoms with van der Waals surface area (Å²) in [6.07, 6.45) is 6.44. The van der Waals surface area contributed by atoms with Crippen LogP contribution in [0.3, 0.4) is 0 Å².